The Morgan fingerprint density at radius 1 is 1.19 bits per heavy atom. The Bertz CT molecular complexity index is 1160. The summed E-state index contributed by atoms with van der Waals surface area (Å²) in [5.74, 6) is -1.28. The number of carbonyl (C=O) groups excluding carboxylic acids is 2. The van der Waals surface area contributed by atoms with Crippen LogP contribution >= 0.6 is 0 Å². The van der Waals surface area contributed by atoms with Crippen LogP contribution in [0.25, 0.3) is 0 Å². The Morgan fingerprint density at radius 3 is 2.34 bits per heavy atom. The second-order valence-corrected chi connectivity index (χ2v) is 9.67. The van der Waals surface area contributed by atoms with Gasteiger partial charge in [-0.15, -0.1) is 0 Å². The summed E-state index contributed by atoms with van der Waals surface area (Å²) in [7, 11) is -3.26. The molecule has 0 saturated carbocycles. The van der Waals surface area contributed by atoms with E-state index in [0.29, 0.717) is 5.56 Å². The highest BCUT2D eigenvalue weighted by molar-refractivity contribution is 7.89. The van der Waals surface area contributed by atoms with Crippen LogP contribution in [0.4, 0.5) is 5.69 Å². The van der Waals surface area contributed by atoms with Crippen molar-refractivity contribution >= 4 is 27.6 Å². The topological polar surface area (TPSA) is 136 Å². The average Bonchev–Trinajstić information content (AvgIpc) is 2.76. The highest BCUT2D eigenvalue weighted by Crippen LogP contribution is 2.36. The lowest BCUT2D eigenvalue weighted by Crippen LogP contribution is -2.79. The molecule has 2 aromatic carbocycles. The highest BCUT2D eigenvalue weighted by Gasteiger charge is 2.60. The van der Waals surface area contributed by atoms with Gasteiger partial charge in [0.1, 0.15) is 11.1 Å². The SMILES string of the molecule is COC(=O)C(C)(C)N1CC(Cc2ccccc2)(NS(=O)(=O)c2ccccc2[N+](=O)[O-])C1=O. The molecule has 1 aliphatic heterocycles. The van der Waals surface area contributed by atoms with Crippen molar-refractivity contribution in [2.24, 2.45) is 0 Å². The Labute approximate surface area is 185 Å². The number of amides is 1. The first kappa shape index (κ1) is 23.4. The third kappa shape index (κ3) is 4.08. The zero-order valence-electron chi connectivity index (χ0n) is 17.8. The molecule has 0 radical (unpaired) electrons. The van der Waals surface area contributed by atoms with Gasteiger partial charge in [-0.25, -0.2) is 13.2 Å². The van der Waals surface area contributed by atoms with Gasteiger partial charge >= 0.3 is 5.97 Å². The normalized spacial score (nSPS) is 18.7. The largest absolute Gasteiger partial charge is 0.467 e. The number of hydrogen-bond donors (Lipinski definition) is 1. The van der Waals surface area contributed by atoms with E-state index in [2.05, 4.69) is 4.72 Å². The molecule has 1 amide bonds. The second kappa shape index (κ2) is 8.32. The number of methoxy groups -OCH3 is 1. The molecule has 11 heteroatoms. The maximum absolute atomic E-state index is 13.3. The predicted octanol–water partition coefficient (Wildman–Crippen LogP) is 1.65. The van der Waals surface area contributed by atoms with Crippen molar-refractivity contribution in [2.75, 3.05) is 13.7 Å². The zero-order chi connectivity index (χ0) is 23.7. The molecule has 1 atom stereocenters. The maximum atomic E-state index is 13.3. The molecular formula is C21H23N3O7S. The number of nitrogens with zero attached hydrogens (tertiary/aromatic N) is 2. The predicted molar refractivity (Wildman–Crippen MR) is 114 cm³/mol. The minimum atomic E-state index is -4.46. The van der Waals surface area contributed by atoms with Crippen molar-refractivity contribution in [3.63, 3.8) is 0 Å². The van der Waals surface area contributed by atoms with E-state index in [-0.39, 0.29) is 13.0 Å². The molecule has 1 saturated heterocycles. The zero-order valence-corrected chi connectivity index (χ0v) is 18.6. The molecule has 2 aromatic rings. The van der Waals surface area contributed by atoms with Crippen molar-refractivity contribution in [3.05, 3.63) is 70.3 Å². The molecule has 1 heterocycles. The molecule has 1 unspecified atom stereocenters. The van der Waals surface area contributed by atoms with Crippen molar-refractivity contribution in [1.82, 2.24) is 9.62 Å². The first-order chi connectivity index (χ1) is 14.9. The minimum Gasteiger partial charge on any atom is -0.467 e. The average molecular weight is 461 g/mol. The number of para-hydroxylation sites is 1. The van der Waals surface area contributed by atoms with E-state index in [0.717, 1.165) is 12.1 Å². The fraction of sp³-hybridized carbons (Fsp3) is 0.333. The van der Waals surface area contributed by atoms with E-state index in [9.17, 15) is 28.1 Å². The number of nitrogens with one attached hydrogen (secondary N) is 1. The van der Waals surface area contributed by atoms with Crippen molar-refractivity contribution in [3.8, 4) is 0 Å². The van der Waals surface area contributed by atoms with Crippen LogP contribution in [-0.4, -0.2) is 54.8 Å². The van der Waals surface area contributed by atoms with E-state index in [1.165, 1.54) is 38.0 Å². The number of hydrogen-bond acceptors (Lipinski definition) is 7. The van der Waals surface area contributed by atoms with E-state index in [1.807, 2.05) is 0 Å². The molecule has 1 aliphatic rings. The Balaban J connectivity index is 2.02. The van der Waals surface area contributed by atoms with Gasteiger partial charge in [0.2, 0.25) is 15.9 Å². The summed E-state index contributed by atoms with van der Waals surface area (Å²) in [6, 6.07) is 13.7. The molecule has 1 N–H and O–H groups in total. The summed E-state index contributed by atoms with van der Waals surface area (Å²) in [6.07, 6.45) is 0.000285. The number of benzene rings is 2. The Morgan fingerprint density at radius 2 is 1.78 bits per heavy atom. The summed E-state index contributed by atoms with van der Waals surface area (Å²) in [5, 5.41) is 11.4. The fourth-order valence-corrected chi connectivity index (χ4v) is 5.25. The third-order valence-electron chi connectivity index (χ3n) is 5.47. The molecule has 3 rings (SSSR count). The Kier molecular flexibility index (Phi) is 6.07. The van der Waals surface area contributed by atoms with E-state index >= 15 is 0 Å². The van der Waals surface area contributed by atoms with Crippen LogP contribution < -0.4 is 4.72 Å². The monoisotopic (exact) mass is 461 g/mol. The number of β-lactam (4-membered cyclic amide) rings is 1. The number of nitro groups is 1. The quantitative estimate of drug-likeness (QED) is 0.273. The van der Waals surface area contributed by atoms with Gasteiger partial charge in [-0.3, -0.25) is 14.9 Å². The number of rotatable bonds is 8. The number of carbonyl (C=O) groups is 2. The number of esters is 1. The highest BCUT2D eigenvalue weighted by atomic mass is 32.2. The number of likely N-dealkylation sites (tertiary alicyclic amines) is 1. The molecule has 170 valence electrons. The van der Waals surface area contributed by atoms with Crippen LogP contribution in [0.15, 0.2) is 59.5 Å². The molecule has 0 spiro atoms. The van der Waals surface area contributed by atoms with Crippen molar-refractivity contribution in [2.45, 2.75) is 36.2 Å². The third-order valence-corrected chi connectivity index (χ3v) is 7.06. The molecule has 0 bridgehead atoms. The van der Waals surface area contributed by atoms with Crippen LogP contribution in [-0.2, 0) is 30.8 Å². The maximum Gasteiger partial charge on any atom is 0.331 e. The Hall–Kier alpha value is -3.31. The number of nitro benzene ring substituents is 1. The van der Waals surface area contributed by atoms with Gasteiger partial charge in [0.25, 0.3) is 5.69 Å². The first-order valence-electron chi connectivity index (χ1n) is 9.66. The minimum absolute atomic E-state index is 0.000285. The summed E-state index contributed by atoms with van der Waals surface area (Å²) in [4.78, 5) is 36.8. The molecule has 0 aliphatic carbocycles. The van der Waals surface area contributed by atoms with Gasteiger partial charge in [0, 0.05) is 12.5 Å². The standard InChI is InChI=1S/C21H23N3O7S/c1-20(2,19(26)31-3)23-14-21(18(23)25,13-15-9-5-4-6-10-15)22-32(29,30)17-12-8-7-11-16(17)24(27)28/h4-12,22H,13-14H2,1-3H3. The van der Waals surface area contributed by atoms with Crippen molar-refractivity contribution in [1.29, 1.82) is 0 Å². The number of sulfonamides is 1. The van der Waals surface area contributed by atoms with Crippen LogP contribution in [0, 0.1) is 10.1 Å². The molecule has 10 nitrogen and oxygen atoms in total. The summed E-state index contributed by atoms with van der Waals surface area (Å²) >= 11 is 0. The van der Waals surface area contributed by atoms with E-state index in [4.69, 9.17) is 4.74 Å². The van der Waals surface area contributed by atoms with E-state index in [1.54, 1.807) is 30.3 Å². The van der Waals surface area contributed by atoms with Crippen LogP contribution in [0.1, 0.15) is 19.4 Å². The fourth-order valence-electron chi connectivity index (χ4n) is 3.72. The summed E-state index contributed by atoms with van der Waals surface area (Å²) in [5.41, 5.74) is -2.86. The van der Waals surface area contributed by atoms with Gasteiger partial charge in [-0.2, -0.15) is 4.72 Å². The first-order valence-corrected chi connectivity index (χ1v) is 11.1. The lowest BCUT2D eigenvalue weighted by atomic mass is 9.79. The summed E-state index contributed by atoms with van der Waals surface area (Å²) in [6.45, 7) is 2.88. The van der Waals surface area contributed by atoms with Gasteiger partial charge in [0.15, 0.2) is 4.90 Å². The smallest absolute Gasteiger partial charge is 0.331 e. The summed E-state index contributed by atoms with van der Waals surface area (Å²) < 4.78 is 33.5. The van der Waals surface area contributed by atoms with Gasteiger partial charge < -0.3 is 9.64 Å². The van der Waals surface area contributed by atoms with Crippen molar-refractivity contribution < 1.29 is 27.7 Å². The molecule has 1 fully saturated rings. The van der Waals surface area contributed by atoms with Gasteiger partial charge in [-0.1, -0.05) is 42.5 Å². The molecule has 32 heavy (non-hydrogen) atoms. The van der Waals surface area contributed by atoms with Crippen LogP contribution in [0.3, 0.4) is 0 Å². The second-order valence-electron chi connectivity index (χ2n) is 8.02. The van der Waals surface area contributed by atoms with E-state index < -0.39 is 48.5 Å². The number of ether oxygens (including phenoxy) is 1. The lowest BCUT2D eigenvalue weighted by Gasteiger charge is -2.54. The van der Waals surface area contributed by atoms with Gasteiger partial charge in [0.05, 0.1) is 18.6 Å². The molecular weight excluding hydrogens is 438 g/mol. The van der Waals surface area contributed by atoms with Gasteiger partial charge in [-0.05, 0) is 25.5 Å². The lowest BCUT2D eigenvalue weighted by molar-refractivity contribution is -0.387. The molecule has 0 aromatic heterocycles. The van der Waals surface area contributed by atoms with Crippen LogP contribution in [0.2, 0.25) is 0 Å². The van der Waals surface area contributed by atoms with Crippen LogP contribution in [0.5, 0.6) is 0 Å².